The molecule has 5 nitrogen and oxygen atoms in total. The van der Waals surface area contributed by atoms with Crippen LogP contribution in [0.4, 0.5) is 0 Å². The molecule has 2 N–H and O–H groups in total. The van der Waals surface area contributed by atoms with Gasteiger partial charge in [0, 0.05) is 12.3 Å². The number of hydrogen-bond donors (Lipinski definition) is 2. The Morgan fingerprint density at radius 2 is 2.29 bits per heavy atom. The number of carboxylic acids is 1. The van der Waals surface area contributed by atoms with Crippen LogP contribution < -0.4 is 5.32 Å². The molecule has 1 aliphatic heterocycles. The third-order valence-corrected chi connectivity index (χ3v) is 2.95. The second-order valence-electron chi connectivity index (χ2n) is 3.99. The highest BCUT2D eigenvalue weighted by molar-refractivity contribution is 5.75. The van der Waals surface area contributed by atoms with E-state index in [4.69, 9.17) is 5.11 Å². The minimum absolute atomic E-state index is 0.156. The molecule has 0 bridgehead atoms. The van der Waals surface area contributed by atoms with Gasteiger partial charge >= 0.3 is 5.97 Å². The minimum atomic E-state index is -1.10. The third kappa shape index (κ3) is 2.34. The molecule has 0 radical (unpaired) electrons. The van der Waals surface area contributed by atoms with E-state index in [1.54, 1.807) is 0 Å². The molecule has 3 unspecified atom stereocenters. The van der Waals surface area contributed by atoms with E-state index in [-0.39, 0.29) is 18.4 Å². The van der Waals surface area contributed by atoms with Crippen LogP contribution in [0.5, 0.6) is 0 Å². The molecular weight excluding hydrogens is 220 g/mol. The third-order valence-electron chi connectivity index (χ3n) is 2.95. The summed E-state index contributed by atoms with van der Waals surface area (Å²) in [5.74, 6) is -0.947. The van der Waals surface area contributed by atoms with Gasteiger partial charge in [0.05, 0.1) is 6.04 Å². The predicted octanol–water partition coefficient (Wildman–Crippen LogP) is 0.763. The zero-order valence-electron chi connectivity index (χ0n) is 9.04. The Balaban J connectivity index is 2.09. The van der Waals surface area contributed by atoms with Crippen molar-refractivity contribution in [3.05, 3.63) is 36.1 Å². The number of nitrogens with one attached hydrogen (secondary N) is 1. The van der Waals surface area contributed by atoms with Gasteiger partial charge in [-0.25, -0.2) is 9.59 Å². The van der Waals surface area contributed by atoms with Crippen LogP contribution in [0.15, 0.2) is 41.1 Å². The highest BCUT2D eigenvalue weighted by atomic mass is 16.4. The van der Waals surface area contributed by atoms with E-state index < -0.39 is 12.0 Å². The van der Waals surface area contributed by atoms with Crippen LogP contribution in [-0.4, -0.2) is 29.2 Å². The van der Waals surface area contributed by atoms with E-state index in [0.29, 0.717) is 0 Å². The largest absolute Gasteiger partial charge is 0.480 e. The lowest BCUT2D eigenvalue weighted by Crippen LogP contribution is -2.26. The number of carbonyl (C=O) groups is 1. The van der Waals surface area contributed by atoms with Crippen LogP contribution in [0.2, 0.25) is 0 Å². The van der Waals surface area contributed by atoms with Crippen molar-refractivity contribution >= 4 is 12.0 Å². The van der Waals surface area contributed by atoms with E-state index in [1.165, 1.54) is 6.08 Å². The molecule has 0 aromatic carbocycles. The SMILES string of the molecule is O=C=NC(CC1=CNC2C=CC=CC12)C(=O)O. The Kier molecular flexibility index (Phi) is 3.21. The van der Waals surface area contributed by atoms with Crippen LogP contribution >= 0.6 is 0 Å². The number of carboxylic acid groups (broad SMARTS) is 1. The average Bonchev–Trinajstić information content (AvgIpc) is 2.72. The number of allylic oxidation sites excluding steroid dienone is 2. The standard InChI is InChI=1S/C12H12N2O3/c15-7-14-11(12(16)17)5-8-6-13-10-4-2-1-3-9(8)10/h1-4,6,9-11,13H,5H2,(H,16,17). The molecule has 3 atom stereocenters. The second-order valence-corrected chi connectivity index (χ2v) is 3.99. The normalized spacial score (nSPS) is 26.5. The molecule has 0 spiro atoms. The Morgan fingerprint density at radius 1 is 1.53 bits per heavy atom. The number of rotatable bonds is 4. The second kappa shape index (κ2) is 4.80. The zero-order chi connectivity index (χ0) is 12.3. The summed E-state index contributed by atoms with van der Waals surface area (Å²) in [6, 6.07) is -0.858. The van der Waals surface area contributed by atoms with E-state index in [0.717, 1.165) is 5.57 Å². The maximum atomic E-state index is 10.9. The molecule has 2 rings (SSSR count). The first-order valence-electron chi connectivity index (χ1n) is 5.32. The Labute approximate surface area is 98.2 Å². The fraction of sp³-hybridized carbons (Fsp3) is 0.333. The molecule has 0 saturated carbocycles. The van der Waals surface area contributed by atoms with E-state index in [2.05, 4.69) is 10.3 Å². The van der Waals surface area contributed by atoms with Gasteiger partial charge in [0.1, 0.15) is 0 Å². The van der Waals surface area contributed by atoms with Crippen molar-refractivity contribution in [2.75, 3.05) is 0 Å². The number of aliphatic imine (C=N–C) groups is 1. The van der Waals surface area contributed by atoms with Gasteiger partial charge in [0.2, 0.25) is 6.08 Å². The average molecular weight is 232 g/mol. The summed E-state index contributed by atoms with van der Waals surface area (Å²) in [7, 11) is 0. The lowest BCUT2D eigenvalue weighted by atomic mass is 9.88. The Morgan fingerprint density at radius 3 is 3.00 bits per heavy atom. The van der Waals surface area contributed by atoms with Gasteiger partial charge in [-0.15, -0.1) is 0 Å². The lowest BCUT2D eigenvalue weighted by Gasteiger charge is -2.19. The van der Waals surface area contributed by atoms with E-state index in [9.17, 15) is 9.59 Å². The molecule has 2 aliphatic rings. The van der Waals surface area contributed by atoms with Gasteiger partial charge in [-0.05, 0) is 11.8 Å². The van der Waals surface area contributed by atoms with Crippen molar-refractivity contribution in [1.82, 2.24) is 5.32 Å². The monoisotopic (exact) mass is 232 g/mol. The first-order valence-corrected chi connectivity index (χ1v) is 5.32. The van der Waals surface area contributed by atoms with Crippen molar-refractivity contribution in [3.8, 4) is 0 Å². The molecule has 0 fully saturated rings. The number of fused-ring (bicyclic) bond motifs is 1. The number of nitrogens with zero attached hydrogens (tertiary/aromatic N) is 1. The topological polar surface area (TPSA) is 78.8 Å². The lowest BCUT2D eigenvalue weighted by molar-refractivity contribution is -0.138. The summed E-state index contributed by atoms with van der Waals surface area (Å²) in [6.45, 7) is 0. The van der Waals surface area contributed by atoms with Crippen molar-refractivity contribution < 1.29 is 14.7 Å². The number of hydrogen-bond acceptors (Lipinski definition) is 4. The Hall–Kier alpha value is -2.13. The van der Waals surface area contributed by atoms with Crippen LogP contribution in [0.25, 0.3) is 0 Å². The summed E-state index contributed by atoms with van der Waals surface area (Å²) in [6.07, 6.45) is 11.3. The molecule has 0 aromatic heterocycles. The Bertz CT molecular complexity index is 456. The number of aliphatic carboxylic acids is 1. The molecule has 0 amide bonds. The molecule has 1 heterocycles. The van der Waals surface area contributed by atoms with E-state index >= 15 is 0 Å². The van der Waals surface area contributed by atoms with Crippen LogP contribution in [-0.2, 0) is 9.59 Å². The molecule has 5 heteroatoms. The maximum Gasteiger partial charge on any atom is 0.329 e. The summed E-state index contributed by atoms with van der Waals surface area (Å²) in [4.78, 5) is 24.4. The first-order chi connectivity index (χ1) is 8.22. The fourth-order valence-corrected chi connectivity index (χ4v) is 2.09. The maximum absolute atomic E-state index is 10.9. The van der Waals surface area contributed by atoms with Gasteiger partial charge in [-0.3, -0.25) is 0 Å². The first kappa shape index (κ1) is 11.4. The van der Waals surface area contributed by atoms with Crippen LogP contribution in [0.3, 0.4) is 0 Å². The molecule has 0 aromatic rings. The van der Waals surface area contributed by atoms with Crippen molar-refractivity contribution in [2.45, 2.75) is 18.5 Å². The number of isocyanates is 1. The fourth-order valence-electron chi connectivity index (χ4n) is 2.09. The summed E-state index contributed by atoms with van der Waals surface area (Å²) in [5, 5.41) is 12.1. The van der Waals surface area contributed by atoms with Crippen LogP contribution in [0, 0.1) is 5.92 Å². The molecule has 1 aliphatic carbocycles. The predicted molar refractivity (Wildman–Crippen MR) is 60.9 cm³/mol. The smallest absolute Gasteiger partial charge is 0.329 e. The summed E-state index contributed by atoms with van der Waals surface area (Å²) in [5.41, 5.74) is 0.946. The van der Waals surface area contributed by atoms with Gasteiger partial charge in [-0.2, -0.15) is 4.99 Å². The summed E-state index contributed by atoms with van der Waals surface area (Å²) >= 11 is 0. The van der Waals surface area contributed by atoms with Gasteiger partial charge in [0.25, 0.3) is 0 Å². The van der Waals surface area contributed by atoms with Crippen molar-refractivity contribution in [1.29, 1.82) is 0 Å². The molecule has 88 valence electrons. The zero-order valence-corrected chi connectivity index (χ0v) is 9.04. The van der Waals surface area contributed by atoms with Gasteiger partial charge in [-0.1, -0.05) is 24.3 Å². The molecular formula is C12H12N2O3. The van der Waals surface area contributed by atoms with Gasteiger partial charge in [0.15, 0.2) is 6.04 Å². The van der Waals surface area contributed by atoms with E-state index in [1.807, 2.05) is 30.5 Å². The number of carbonyl (C=O) groups excluding carboxylic acids is 1. The molecule has 17 heavy (non-hydrogen) atoms. The van der Waals surface area contributed by atoms with Crippen molar-refractivity contribution in [3.63, 3.8) is 0 Å². The van der Waals surface area contributed by atoms with Crippen molar-refractivity contribution in [2.24, 2.45) is 10.9 Å². The molecule has 0 saturated heterocycles. The highest BCUT2D eigenvalue weighted by Crippen LogP contribution is 2.29. The quantitative estimate of drug-likeness (QED) is 0.554. The summed E-state index contributed by atoms with van der Waals surface area (Å²) < 4.78 is 0. The van der Waals surface area contributed by atoms with Gasteiger partial charge < -0.3 is 10.4 Å². The highest BCUT2D eigenvalue weighted by Gasteiger charge is 2.30. The van der Waals surface area contributed by atoms with Crippen LogP contribution in [0.1, 0.15) is 6.42 Å². The minimum Gasteiger partial charge on any atom is -0.480 e.